The lowest BCUT2D eigenvalue weighted by Crippen LogP contribution is -2.35. The van der Waals surface area contributed by atoms with Crippen molar-refractivity contribution in [3.63, 3.8) is 0 Å². The van der Waals surface area contributed by atoms with Crippen LogP contribution in [-0.4, -0.2) is 56.9 Å². The highest BCUT2D eigenvalue weighted by atomic mass is 35.5. The number of ether oxygens (including phenoxy) is 1. The first-order chi connectivity index (χ1) is 15.7. The predicted octanol–water partition coefficient (Wildman–Crippen LogP) is 1.66. The molecule has 0 atom stereocenters. The van der Waals surface area contributed by atoms with E-state index >= 15 is 0 Å². The van der Waals surface area contributed by atoms with Crippen molar-refractivity contribution in [2.75, 3.05) is 20.2 Å². The lowest BCUT2D eigenvalue weighted by atomic mass is 10.2. The topological polar surface area (TPSA) is 167 Å². The third kappa shape index (κ3) is 5.44. The number of nitrogens with one attached hydrogen (secondary N) is 2. The van der Waals surface area contributed by atoms with Crippen molar-refractivity contribution in [1.29, 1.82) is 0 Å². The van der Waals surface area contributed by atoms with Gasteiger partial charge >= 0.3 is 17.5 Å². The van der Waals surface area contributed by atoms with Gasteiger partial charge in [-0.2, -0.15) is 10.1 Å². The second-order valence-corrected chi connectivity index (χ2v) is 7.24. The number of aryl methyl sites for hydroxylation is 1. The molecule has 3 aromatic rings. The molecule has 0 aliphatic carbocycles. The molecule has 2 amide bonds. The summed E-state index contributed by atoms with van der Waals surface area (Å²) in [5, 5.41) is 24.5. The molecule has 13 nitrogen and oxygen atoms in total. The summed E-state index contributed by atoms with van der Waals surface area (Å²) in [6.45, 7) is 3.29. The van der Waals surface area contributed by atoms with Crippen molar-refractivity contribution >= 4 is 29.1 Å². The number of amides is 2. The fraction of sp³-hybridized carbons (Fsp3) is 0.316. The Kier molecular flexibility index (Phi) is 7.23. The van der Waals surface area contributed by atoms with Crippen molar-refractivity contribution in [3.05, 3.63) is 62.0 Å². The van der Waals surface area contributed by atoms with Crippen LogP contribution in [0.25, 0.3) is 0 Å². The summed E-state index contributed by atoms with van der Waals surface area (Å²) >= 11 is 5.92. The van der Waals surface area contributed by atoms with E-state index in [0.717, 1.165) is 0 Å². The summed E-state index contributed by atoms with van der Waals surface area (Å²) in [4.78, 5) is 39.1. The van der Waals surface area contributed by atoms with Gasteiger partial charge in [0.1, 0.15) is 23.7 Å². The number of methoxy groups -OCH3 is 1. The molecule has 0 saturated carbocycles. The van der Waals surface area contributed by atoms with Gasteiger partial charge in [0.2, 0.25) is 0 Å². The Morgan fingerprint density at radius 2 is 1.94 bits per heavy atom. The van der Waals surface area contributed by atoms with Crippen LogP contribution in [0.3, 0.4) is 0 Å². The minimum Gasteiger partial charge on any atom is -0.496 e. The highest BCUT2D eigenvalue weighted by Gasteiger charge is 2.23. The highest BCUT2D eigenvalue weighted by molar-refractivity contribution is 6.31. The van der Waals surface area contributed by atoms with Crippen molar-refractivity contribution in [2.45, 2.75) is 20.4 Å². The Morgan fingerprint density at radius 3 is 2.58 bits per heavy atom. The van der Waals surface area contributed by atoms with Crippen LogP contribution in [0.5, 0.6) is 5.75 Å². The molecule has 0 bridgehead atoms. The average molecular weight is 478 g/mol. The standard InChI is InChI=1S/C19H20ClN7O6/c1-10-16(27(30)31)11(2)26(24-10)9-15-23-19(33-25-15)18(29)22-7-6-21-17(28)13-8-12(20)4-5-14(13)32-3/h4-5,8H,6-7,9H2,1-3H3,(H,21,28)(H,22,29). The quantitative estimate of drug-likeness (QED) is 0.264. The van der Waals surface area contributed by atoms with Gasteiger partial charge in [-0.15, -0.1) is 0 Å². The molecule has 2 heterocycles. The van der Waals surface area contributed by atoms with E-state index in [4.69, 9.17) is 20.9 Å². The maximum absolute atomic E-state index is 12.3. The summed E-state index contributed by atoms with van der Waals surface area (Å²) < 4.78 is 11.4. The van der Waals surface area contributed by atoms with Gasteiger partial charge in [-0.25, -0.2) is 0 Å². The maximum atomic E-state index is 12.3. The van der Waals surface area contributed by atoms with Gasteiger partial charge in [-0.05, 0) is 32.0 Å². The fourth-order valence-corrected chi connectivity index (χ4v) is 3.20. The van der Waals surface area contributed by atoms with Gasteiger partial charge in [-0.3, -0.25) is 24.4 Å². The molecule has 14 heteroatoms. The number of halogens is 1. The molecule has 2 aromatic heterocycles. The number of hydrogen-bond acceptors (Lipinski definition) is 9. The van der Waals surface area contributed by atoms with E-state index in [2.05, 4.69) is 25.9 Å². The summed E-state index contributed by atoms with van der Waals surface area (Å²) in [5.41, 5.74) is 0.771. The van der Waals surface area contributed by atoms with Crippen molar-refractivity contribution < 1.29 is 23.8 Å². The van der Waals surface area contributed by atoms with Crippen LogP contribution in [0.1, 0.15) is 38.3 Å². The molecule has 0 spiro atoms. The van der Waals surface area contributed by atoms with Crippen LogP contribution >= 0.6 is 11.6 Å². The summed E-state index contributed by atoms with van der Waals surface area (Å²) in [6, 6.07) is 4.66. The lowest BCUT2D eigenvalue weighted by molar-refractivity contribution is -0.386. The zero-order valence-corrected chi connectivity index (χ0v) is 18.7. The van der Waals surface area contributed by atoms with E-state index in [-0.39, 0.29) is 48.3 Å². The Balaban J connectivity index is 1.52. The van der Waals surface area contributed by atoms with Gasteiger partial charge < -0.3 is 19.9 Å². The van der Waals surface area contributed by atoms with Gasteiger partial charge in [-0.1, -0.05) is 16.8 Å². The van der Waals surface area contributed by atoms with Crippen molar-refractivity contribution in [3.8, 4) is 5.75 Å². The molecule has 0 radical (unpaired) electrons. The Bertz CT molecular complexity index is 1210. The van der Waals surface area contributed by atoms with E-state index in [0.29, 0.717) is 16.5 Å². The zero-order chi connectivity index (χ0) is 24.1. The second kappa shape index (κ2) is 10.1. The number of nitro groups is 1. The van der Waals surface area contributed by atoms with Gasteiger partial charge in [0.05, 0.1) is 17.6 Å². The monoisotopic (exact) mass is 477 g/mol. The maximum Gasteiger partial charge on any atom is 0.316 e. The zero-order valence-electron chi connectivity index (χ0n) is 17.9. The number of aromatic nitrogens is 4. The van der Waals surface area contributed by atoms with E-state index < -0.39 is 16.7 Å². The smallest absolute Gasteiger partial charge is 0.316 e. The molecule has 174 valence electrons. The molecule has 0 unspecified atom stereocenters. The summed E-state index contributed by atoms with van der Waals surface area (Å²) in [5.74, 6) is -0.844. The molecule has 3 rings (SSSR count). The molecular weight excluding hydrogens is 458 g/mol. The summed E-state index contributed by atoms with van der Waals surface area (Å²) in [6.07, 6.45) is 0. The predicted molar refractivity (Wildman–Crippen MR) is 114 cm³/mol. The van der Waals surface area contributed by atoms with E-state index in [1.54, 1.807) is 19.1 Å². The molecule has 0 fully saturated rings. The number of hydrogen-bond donors (Lipinski definition) is 2. The van der Waals surface area contributed by atoms with Gasteiger partial charge in [0, 0.05) is 18.1 Å². The largest absolute Gasteiger partial charge is 0.496 e. The molecule has 1 aromatic carbocycles. The number of carbonyl (C=O) groups excluding carboxylic acids is 2. The third-order valence-electron chi connectivity index (χ3n) is 4.58. The van der Waals surface area contributed by atoms with Crippen molar-refractivity contribution in [2.24, 2.45) is 0 Å². The summed E-state index contributed by atoms with van der Waals surface area (Å²) in [7, 11) is 1.44. The Morgan fingerprint density at radius 1 is 1.24 bits per heavy atom. The normalized spacial score (nSPS) is 10.7. The van der Waals surface area contributed by atoms with Crippen LogP contribution in [0.2, 0.25) is 5.02 Å². The van der Waals surface area contributed by atoms with Crippen LogP contribution in [-0.2, 0) is 6.54 Å². The van der Waals surface area contributed by atoms with Crippen molar-refractivity contribution in [1.82, 2.24) is 30.6 Å². The number of benzene rings is 1. The van der Waals surface area contributed by atoms with E-state index in [9.17, 15) is 19.7 Å². The molecule has 0 aliphatic heterocycles. The van der Waals surface area contributed by atoms with E-state index in [1.165, 1.54) is 24.8 Å². The first-order valence-electron chi connectivity index (χ1n) is 9.62. The van der Waals surface area contributed by atoms with Crippen LogP contribution in [0.15, 0.2) is 22.7 Å². The molecule has 33 heavy (non-hydrogen) atoms. The van der Waals surface area contributed by atoms with Gasteiger partial charge in [0.25, 0.3) is 5.91 Å². The van der Waals surface area contributed by atoms with Crippen LogP contribution in [0.4, 0.5) is 5.69 Å². The fourth-order valence-electron chi connectivity index (χ4n) is 3.03. The minimum absolute atomic E-state index is 0.00514. The molecule has 2 N–H and O–H groups in total. The van der Waals surface area contributed by atoms with E-state index in [1.807, 2.05) is 0 Å². The number of rotatable bonds is 9. The minimum atomic E-state index is -0.636. The molecule has 0 aliphatic rings. The van der Waals surface area contributed by atoms with Crippen LogP contribution < -0.4 is 15.4 Å². The molecular formula is C19H20ClN7O6. The van der Waals surface area contributed by atoms with Gasteiger partial charge in [0.15, 0.2) is 5.82 Å². The Labute approximate surface area is 192 Å². The lowest BCUT2D eigenvalue weighted by Gasteiger charge is -2.09. The Hall–Kier alpha value is -4.00. The third-order valence-corrected chi connectivity index (χ3v) is 4.82. The number of carbonyl (C=O) groups is 2. The van der Waals surface area contributed by atoms with Crippen LogP contribution in [0, 0.1) is 24.0 Å². The highest BCUT2D eigenvalue weighted by Crippen LogP contribution is 2.23. The average Bonchev–Trinajstić information content (AvgIpc) is 3.35. The SMILES string of the molecule is COc1ccc(Cl)cc1C(=O)NCCNC(=O)c1nc(Cn2nc(C)c([N+](=O)[O-])c2C)no1. The first-order valence-corrected chi connectivity index (χ1v) is 10.00. The first kappa shape index (κ1) is 23.7. The number of nitrogens with zero attached hydrogens (tertiary/aromatic N) is 5. The molecule has 0 saturated heterocycles. The second-order valence-electron chi connectivity index (χ2n) is 6.81.